The van der Waals surface area contributed by atoms with Gasteiger partial charge < -0.3 is 28.7 Å². The van der Waals surface area contributed by atoms with Crippen LogP contribution < -0.4 is 29.1 Å². The lowest BCUT2D eigenvalue weighted by Crippen LogP contribution is -2.19. The maximum absolute atomic E-state index is 13.4. The molecule has 0 spiro atoms. The van der Waals surface area contributed by atoms with Gasteiger partial charge in [0.15, 0.2) is 23.0 Å². The molecule has 0 aliphatic heterocycles. The Balaban J connectivity index is 1.36. The van der Waals surface area contributed by atoms with E-state index < -0.39 is 11.9 Å². The lowest BCUT2D eigenvalue weighted by Gasteiger charge is -2.14. The average Bonchev–Trinajstić information content (AvgIpc) is 3.45. The number of aromatic amines is 1. The Labute approximate surface area is 277 Å². The maximum atomic E-state index is 13.4. The number of para-hydroxylation sites is 1. The first kappa shape index (κ1) is 31.7. The van der Waals surface area contributed by atoms with Crippen LogP contribution in [0.4, 0.5) is 0 Å². The van der Waals surface area contributed by atoms with Gasteiger partial charge in [0.05, 0.1) is 45.7 Å². The quantitative estimate of drug-likeness (QED) is 0.0515. The first-order chi connectivity index (χ1) is 21.8. The molecule has 0 radical (unpaired) electrons. The number of H-pyrrole nitrogens is 1. The number of benzene rings is 4. The fourth-order valence-corrected chi connectivity index (χ4v) is 5.59. The van der Waals surface area contributed by atoms with Crippen molar-refractivity contribution < 1.29 is 33.3 Å². The highest BCUT2D eigenvalue weighted by Gasteiger charge is 2.22. The summed E-state index contributed by atoms with van der Waals surface area (Å²) in [5, 5.41) is 5.54. The van der Waals surface area contributed by atoms with Gasteiger partial charge in [-0.3, -0.25) is 4.79 Å². The Morgan fingerprint density at radius 1 is 0.844 bits per heavy atom. The van der Waals surface area contributed by atoms with Gasteiger partial charge in [-0.2, -0.15) is 5.10 Å². The van der Waals surface area contributed by atoms with E-state index in [2.05, 4.69) is 38.1 Å². The molecule has 0 aliphatic carbocycles. The molecule has 1 heterocycles. The van der Waals surface area contributed by atoms with Gasteiger partial charge in [-0.05, 0) is 70.6 Å². The normalized spacial score (nSPS) is 11.0. The van der Waals surface area contributed by atoms with Crippen molar-refractivity contribution in [3.8, 4) is 39.9 Å². The van der Waals surface area contributed by atoms with Gasteiger partial charge in [0.2, 0.25) is 5.75 Å². The standard InChI is InChI=1S/C33H27ClIN3O7/c1-41-25-14-18(12-13-24(25)45-33(40)19-15-26(42-2)31(44-4)27(16-19)43-3)17-36-38-32(39)30-28(20-8-5-6-10-22(20)34)21-9-7-11-23(35)29(21)37-30/h5-17,37H,1-4H3,(H,38,39). The third-order valence-corrected chi connectivity index (χ3v) is 8.05. The van der Waals surface area contributed by atoms with Crippen molar-refractivity contribution in [3.05, 3.63) is 98.2 Å². The summed E-state index contributed by atoms with van der Waals surface area (Å²) in [4.78, 5) is 29.6. The summed E-state index contributed by atoms with van der Waals surface area (Å²) in [7, 11) is 5.83. The number of methoxy groups -OCH3 is 4. The predicted molar refractivity (Wildman–Crippen MR) is 181 cm³/mol. The van der Waals surface area contributed by atoms with Crippen LogP contribution in [0.1, 0.15) is 26.4 Å². The van der Waals surface area contributed by atoms with E-state index in [1.165, 1.54) is 46.8 Å². The van der Waals surface area contributed by atoms with Gasteiger partial charge in [-0.15, -0.1) is 0 Å². The molecule has 4 aromatic carbocycles. The van der Waals surface area contributed by atoms with E-state index in [-0.39, 0.29) is 17.1 Å². The third-order valence-electron chi connectivity index (χ3n) is 6.82. The molecular formula is C33H27ClIN3O7. The van der Waals surface area contributed by atoms with Crippen LogP contribution in [-0.2, 0) is 0 Å². The number of rotatable bonds is 10. The zero-order chi connectivity index (χ0) is 32.1. The van der Waals surface area contributed by atoms with Crippen molar-refractivity contribution in [3.63, 3.8) is 0 Å². The zero-order valence-corrected chi connectivity index (χ0v) is 27.5. The molecule has 10 nitrogen and oxygen atoms in total. The molecule has 0 aliphatic rings. The molecule has 5 aromatic rings. The van der Waals surface area contributed by atoms with Gasteiger partial charge in [0.1, 0.15) is 5.69 Å². The Kier molecular flexibility index (Phi) is 9.79. The minimum atomic E-state index is -0.663. The number of hydrogen-bond acceptors (Lipinski definition) is 8. The number of hydrazone groups is 1. The van der Waals surface area contributed by atoms with Crippen molar-refractivity contribution in [1.82, 2.24) is 10.4 Å². The molecule has 2 N–H and O–H groups in total. The molecule has 5 rings (SSSR count). The summed E-state index contributed by atoms with van der Waals surface area (Å²) < 4.78 is 28.0. The smallest absolute Gasteiger partial charge is 0.343 e. The molecule has 0 bridgehead atoms. The van der Waals surface area contributed by atoms with Crippen molar-refractivity contribution in [2.45, 2.75) is 0 Å². The topological polar surface area (TPSA) is 120 Å². The van der Waals surface area contributed by atoms with Gasteiger partial charge in [0.25, 0.3) is 5.91 Å². The number of halogens is 2. The Hall–Kier alpha value is -4.75. The van der Waals surface area contributed by atoms with Gasteiger partial charge >= 0.3 is 5.97 Å². The molecular weight excluding hydrogens is 713 g/mol. The van der Waals surface area contributed by atoms with E-state index in [1.54, 1.807) is 24.3 Å². The average molecular weight is 740 g/mol. The first-order valence-electron chi connectivity index (χ1n) is 13.4. The van der Waals surface area contributed by atoms with E-state index in [1.807, 2.05) is 36.4 Å². The van der Waals surface area contributed by atoms with E-state index in [0.717, 1.165) is 20.0 Å². The Morgan fingerprint density at radius 3 is 2.22 bits per heavy atom. The fraction of sp³-hybridized carbons (Fsp3) is 0.121. The van der Waals surface area contributed by atoms with Crippen LogP contribution in [0.5, 0.6) is 28.7 Å². The summed E-state index contributed by atoms with van der Waals surface area (Å²) >= 11 is 8.75. The van der Waals surface area contributed by atoms with Gasteiger partial charge in [-0.1, -0.05) is 41.9 Å². The molecule has 12 heteroatoms. The maximum Gasteiger partial charge on any atom is 0.343 e. The number of esters is 1. The van der Waals surface area contributed by atoms with Crippen LogP contribution in [0.3, 0.4) is 0 Å². The number of nitrogens with zero attached hydrogens (tertiary/aromatic N) is 1. The third kappa shape index (κ3) is 6.54. The van der Waals surface area contributed by atoms with Crippen LogP contribution in [0.25, 0.3) is 22.0 Å². The SMILES string of the molecule is COc1cc(C=NNC(=O)c2[nH]c3c(I)cccc3c2-c2ccccc2Cl)ccc1OC(=O)c1cc(OC)c(OC)c(OC)c1. The summed E-state index contributed by atoms with van der Waals surface area (Å²) in [6.45, 7) is 0. The van der Waals surface area contributed by atoms with Crippen molar-refractivity contribution in [2.24, 2.45) is 5.10 Å². The molecule has 0 unspecified atom stereocenters. The van der Waals surface area contributed by atoms with Gasteiger partial charge in [-0.25, -0.2) is 10.2 Å². The van der Waals surface area contributed by atoms with Crippen LogP contribution in [0, 0.1) is 3.57 Å². The van der Waals surface area contributed by atoms with Crippen molar-refractivity contribution >= 4 is 63.2 Å². The number of carbonyl (C=O) groups excluding carboxylic acids is 2. The summed E-state index contributed by atoms with van der Waals surface area (Å²) in [6.07, 6.45) is 1.45. The highest BCUT2D eigenvalue weighted by molar-refractivity contribution is 14.1. The highest BCUT2D eigenvalue weighted by atomic mass is 127. The van der Waals surface area contributed by atoms with E-state index in [4.69, 9.17) is 35.3 Å². The largest absolute Gasteiger partial charge is 0.493 e. The second-order valence-electron chi connectivity index (χ2n) is 9.43. The van der Waals surface area contributed by atoms with E-state index >= 15 is 0 Å². The summed E-state index contributed by atoms with van der Waals surface area (Å²) in [5.74, 6) is 0.312. The van der Waals surface area contributed by atoms with E-state index in [0.29, 0.717) is 39.1 Å². The molecule has 0 atom stereocenters. The second-order valence-corrected chi connectivity index (χ2v) is 11.0. The molecule has 230 valence electrons. The fourth-order valence-electron chi connectivity index (χ4n) is 4.72. The van der Waals surface area contributed by atoms with Crippen LogP contribution >= 0.6 is 34.2 Å². The predicted octanol–water partition coefficient (Wildman–Crippen LogP) is 7.11. The van der Waals surface area contributed by atoms with Crippen LogP contribution in [0.2, 0.25) is 5.02 Å². The number of ether oxygens (including phenoxy) is 5. The number of nitrogens with one attached hydrogen (secondary N) is 2. The summed E-state index contributed by atoms with van der Waals surface area (Å²) in [5.41, 5.74) is 5.91. The molecule has 1 aromatic heterocycles. The molecule has 0 saturated heterocycles. The zero-order valence-electron chi connectivity index (χ0n) is 24.6. The minimum absolute atomic E-state index is 0.175. The molecule has 45 heavy (non-hydrogen) atoms. The highest BCUT2D eigenvalue weighted by Crippen LogP contribution is 2.40. The van der Waals surface area contributed by atoms with Crippen LogP contribution in [0.15, 0.2) is 77.9 Å². The second kappa shape index (κ2) is 13.9. The first-order valence-corrected chi connectivity index (χ1v) is 14.8. The number of hydrogen-bond donors (Lipinski definition) is 2. The Morgan fingerprint density at radius 2 is 1.56 bits per heavy atom. The molecule has 0 fully saturated rings. The Bertz CT molecular complexity index is 1910. The van der Waals surface area contributed by atoms with Gasteiger partial charge in [0, 0.05) is 25.1 Å². The lowest BCUT2D eigenvalue weighted by atomic mass is 10.0. The number of carbonyl (C=O) groups is 2. The number of fused-ring (bicyclic) bond motifs is 1. The van der Waals surface area contributed by atoms with Crippen LogP contribution in [-0.4, -0.2) is 51.5 Å². The van der Waals surface area contributed by atoms with Crippen molar-refractivity contribution in [1.29, 1.82) is 0 Å². The van der Waals surface area contributed by atoms with Crippen molar-refractivity contribution in [2.75, 3.05) is 28.4 Å². The monoisotopic (exact) mass is 739 g/mol. The number of amides is 1. The summed E-state index contributed by atoms with van der Waals surface area (Å²) in [6, 6.07) is 21.0. The molecule has 1 amide bonds. The number of aromatic nitrogens is 1. The molecule has 0 saturated carbocycles. The van der Waals surface area contributed by atoms with E-state index in [9.17, 15) is 9.59 Å². The lowest BCUT2D eigenvalue weighted by molar-refractivity contribution is 0.0728. The minimum Gasteiger partial charge on any atom is -0.493 e.